The number of sulfonamides is 1. The van der Waals surface area contributed by atoms with Crippen LogP contribution in [0, 0.1) is 0 Å². The van der Waals surface area contributed by atoms with Crippen LogP contribution in [0.2, 0.25) is 0 Å². The van der Waals surface area contributed by atoms with Gasteiger partial charge in [-0.2, -0.15) is 5.10 Å². The van der Waals surface area contributed by atoms with Crippen LogP contribution in [-0.4, -0.2) is 18.0 Å². The largest absolute Gasteiger partial charge is 0.279 e. The Morgan fingerprint density at radius 1 is 1.26 bits per heavy atom. The lowest BCUT2D eigenvalue weighted by molar-refractivity contribution is 0.603. The van der Waals surface area contributed by atoms with Crippen LogP contribution in [0.3, 0.4) is 0 Å². The fourth-order valence-corrected chi connectivity index (χ4v) is 4.69. The number of aromatic nitrogens is 2. The first-order valence-corrected chi connectivity index (χ1v) is 8.35. The Labute approximate surface area is 122 Å². The lowest BCUT2D eigenvalue weighted by Crippen LogP contribution is -2.11. The van der Waals surface area contributed by atoms with Gasteiger partial charge in [0.25, 0.3) is 10.0 Å². The second-order valence-electron chi connectivity index (χ2n) is 3.78. The highest BCUT2D eigenvalue weighted by molar-refractivity contribution is 9.11. The molecule has 0 radical (unpaired) electrons. The molecule has 3 heterocycles. The van der Waals surface area contributed by atoms with Gasteiger partial charge in [0.05, 0.1) is 15.0 Å². The molecule has 5 nitrogen and oxygen atoms in total. The van der Waals surface area contributed by atoms with Crippen LogP contribution in [0.25, 0.3) is 5.52 Å². The molecule has 0 saturated carbocycles. The molecule has 8 heteroatoms. The summed E-state index contributed by atoms with van der Waals surface area (Å²) in [4.78, 5) is 0. The van der Waals surface area contributed by atoms with Gasteiger partial charge in [-0.3, -0.25) is 4.72 Å². The second-order valence-corrected chi connectivity index (χ2v) is 8.15. The number of hydrogen-bond donors (Lipinski definition) is 1. The number of fused-ring (bicyclic) bond motifs is 1. The van der Waals surface area contributed by atoms with Crippen LogP contribution >= 0.6 is 27.3 Å². The molecule has 98 valence electrons. The topological polar surface area (TPSA) is 63.5 Å². The van der Waals surface area contributed by atoms with E-state index in [9.17, 15) is 8.42 Å². The summed E-state index contributed by atoms with van der Waals surface area (Å²) in [5.74, 6) is 0. The smallest absolute Gasteiger partial charge is 0.271 e. The molecule has 0 fully saturated rings. The lowest BCUT2D eigenvalue weighted by atomic mass is 10.4. The van der Waals surface area contributed by atoms with Crippen molar-refractivity contribution in [3.8, 4) is 0 Å². The highest BCUT2D eigenvalue weighted by Gasteiger charge is 2.16. The van der Waals surface area contributed by atoms with Gasteiger partial charge in [0.15, 0.2) is 0 Å². The maximum absolute atomic E-state index is 12.1. The van der Waals surface area contributed by atoms with Crippen molar-refractivity contribution in [1.82, 2.24) is 9.61 Å². The fourth-order valence-electron chi connectivity index (χ4n) is 1.63. The van der Waals surface area contributed by atoms with E-state index in [4.69, 9.17) is 0 Å². The molecule has 1 N–H and O–H groups in total. The van der Waals surface area contributed by atoms with Gasteiger partial charge < -0.3 is 0 Å². The van der Waals surface area contributed by atoms with E-state index in [0.29, 0.717) is 5.69 Å². The first-order valence-electron chi connectivity index (χ1n) is 5.26. The quantitative estimate of drug-likeness (QED) is 0.783. The third-order valence-electron chi connectivity index (χ3n) is 2.47. The first kappa shape index (κ1) is 12.6. The second kappa shape index (κ2) is 4.62. The van der Waals surface area contributed by atoms with Gasteiger partial charge in [0, 0.05) is 12.4 Å². The zero-order chi connectivity index (χ0) is 13.5. The van der Waals surface area contributed by atoms with Crippen LogP contribution in [0.15, 0.2) is 50.7 Å². The Balaban J connectivity index is 1.95. The SMILES string of the molecule is O=S(=O)(Nc1ccn2nccc2c1)c1ccc(Br)s1. The zero-order valence-electron chi connectivity index (χ0n) is 9.45. The molecular formula is C11H8BrN3O2S2. The predicted octanol–water partition coefficient (Wildman–Crippen LogP) is 2.96. The van der Waals surface area contributed by atoms with Gasteiger partial charge in [-0.25, -0.2) is 12.9 Å². The van der Waals surface area contributed by atoms with Crippen LogP contribution < -0.4 is 4.72 Å². The summed E-state index contributed by atoms with van der Waals surface area (Å²) in [6.45, 7) is 0. The van der Waals surface area contributed by atoms with Crippen molar-refractivity contribution < 1.29 is 8.42 Å². The van der Waals surface area contributed by atoms with E-state index in [1.165, 1.54) is 11.3 Å². The van der Waals surface area contributed by atoms with Gasteiger partial charge in [0.2, 0.25) is 0 Å². The van der Waals surface area contributed by atoms with Crippen LogP contribution in [0.1, 0.15) is 0 Å². The van der Waals surface area contributed by atoms with Gasteiger partial charge in [-0.15, -0.1) is 11.3 Å². The first-order chi connectivity index (χ1) is 9.04. The molecule has 0 aromatic carbocycles. The summed E-state index contributed by atoms with van der Waals surface area (Å²) in [6.07, 6.45) is 3.36. The monoisotopic (exact) mass is 357 g/mol. The number of thiophene rings is 1. The standard InChI is InChI=1S/C11H8BrN3O2S2/c12-10-1-2-11(18-10)19(16,17)14-8-4-6-15-9(7-8)3-5-13-15/h1-7,14H. The molecule has 3 aromatic heterocycles. The molecule has 0 aliphatic carbocycles. The van der Waals surface area contributed by atoms with Crippen LogP contribution in [0.5, 0.6) is 0 Å². The molecular weight excluding hydrogens is 350 g/mol. The molecule has 0 amide bonds. The summed E-state index contributed by atoms with van der Waals surface area (Å²) in [5, 5.41) is 4.05. The number of pyridine rings is 1. The van der Waals surface area contributed by atoms with Gasteiger partial charge in [-0.1, -0.05) is 0 Å². The number of nitrogens with one attached hydrogen (secondary N) is 1. The zero-order valence-corrected chi connectivity index (χ0v) is 12.7. The highest BCUT2D eigenvalue weighted by Crippen LogP contribution is 2.27. The fraction of sp³-hybridized carbons (Fsp3) is 0. The number of hydrogen-bond acceptors (Lipinski definition) is 4. The Morgan fingerprint density at radius 3 is 2.84 bits per heavy atom. The average molecular weight is 358 g/mol. The third kappa shape index (κ3) is 2.51. The molecule has 0 unspecified atom stereocenters. The van der Waals surface area contributed by atoms with E-state index >= 15 is 0 Å². The minimum absolute atomic E-state index is 0.271. The van der Waals surface area contributed by atoms with E-state index in [1.807, 2.05) is 0 Å². The summed E-state index contributed by atoms with van der Waals surface area (Å²) in [6, 6.07) is 8.47. The van der Waals surface area contributed by atoms with Crippen molar-refractivity contribution in [2.45, 2.75) is 4.21 Å². The van der Waals surface area contributed by atoms with Crippen molar-refractivity contribution >= 4 is 48.5 Å². The Kier molecular flexibility index (Phi) is 3.08. The van der Waals surface area contributed by atoms with Gasteiger partial charge >= 0.3 is 0 Å². The summed E-state index contributed by atoms with van der Waals surface area (Å²) in [5.41, 5.74) is 1.34. The van der Waals surface area contributed by atoms with Crippen molar-refractivity contribution in [1.29, 1.82) is 0 Å². The van der Waals surface area contributed by atoms with Crippen molar-refractivity contribution in [3.63, 3.8) is 0 Å². The summed E-state index contributed by atoms with van der Waals surface area (Å²) < 4.78 is 29.6. The molecule has 0 spiro atoms. The number of nitrogens with zero attached hydrogens (tertiary/aromatic N) is 2. The lowest BCUT2D eigenvalue weighted by Gasteiger charge is -2.06. The van der Waals surface area contributed by atoms with E-state index < -0.39 is 10.0 Å². The maximum atomic E-state index is 12.1. The van der Waals surface area contributed by atoms with Crippen LogP contribution in [-0.2, 0) is 10.0 Å². The Morgan fingerprint density at radius 2 is 2.11 bits per heavy atom. The third-order valence-corrected chi connectivity index (χ3v) is 5.96. The number of rotatable bonds is 3. The minimum Gasteiger partial charge on any atom is -0.279 e. The van der Waals surface area contributed by atoms with Gasteiger partial charge in [0.1, 0.15) is 4.21 Å². The molecule has 0 bridgehead atoms. The maximum Gasteiger partial charge on any atom is 0.271 e. The number of anilines is 1. The summed E-state index contributed by atoms with van der Waals surface area (Å²) >= 11 is 4.42. The van der Waals surface area contributed by atoms with Crippen molar-refractivity contribution in [2.24, 2.45) is 0 Å². The molecule has 0 aliphatic rings. The van der Waals surface area contributed by atoms with E-state index in [0.717, 1.165) is 9.30 Å². The van der Waals surface area contributed by atoms with E-state index in [1.54, 1.807) is 47.2 Å². The van der Waals surface area contributed by atoms with E-state index in [2.05, 4.69) is 25.8 Å². The molecule has 0 aliphatic heterocycles. The van der Waals surface area contributed by atoms with Gasteiger partial charge in [-0.05, 0) is 46.3 Å². The predicted molar refractivity (Wildman–Crippen MR) is 78.0 cm³/mol. The molecule has 0 atom stereocenters. The molecule has 0 saturated heterocycles. The molecule has 3 rings (SSSR count). The van der Waals surface area contributed by atoms with Crippen LogP contribution in [0.4, 0.5) is 5.69 Å². The minimum atomic E-state index is -3.54. The van der Waals surface area contributed by atoms with Crippen molar-refractivity contribution in [3.05, 3.63) is 46.5 Å². The number of halogens is 1. The molecule has 3 aromatic rings. The highest BCUT2D eigenvalue weighted by atomic mass is 79.9. The average Bonchev–Trinajstić information content (AvgIpc) is 2.96. The Bertz CT molecular complexity index is 838. The summed E-state index contributed by atoms with van der Waals surface area (Å²) in [7, 11) is -3.54. The van der Waals surface area contributed by atoms with E-state index in [-0.39, 0.29) is 4.21 Å². The normalized spacial score (nSPS) is 11.8. The Hall–Kier alpha value is -1.38. The molecule has 19 heavy (non-hydrogen) atoms. The van der Waals surface area contributed by atoms with Crippen molar-refractivity contribution in [2.75, 3.05) is 4.72 Å².